The van der Waals surface area contributed by atoms with Crippen LogP contribution in [0.2, 0.25) is 0 Å². The molecule has 1 aliphatic heterocycles. The molecule has 6 nitrogen and oxygen atoms in total. The second-order valence-corrected chi connectivity index (χ2v) is 7.58. The fraction of sp³-hybridized carbons (Fsp3) is 0.462. The third-order valence-electron chi connectivity index (χ3n) is 3.05. The van der Waals surface area contributed by atoms with Crippen molar-refractivity contribution in [2.24, 2.45) is 5.92 Å². The average molecular weight is 330 g/mol. The Kier molecular flexibility index (Phi) is 5.26. The molecule has 0 bridgehead atoms. The van der Waals surface area contributed by atoms with Gasteiger partial charge in [0.25, 0.3) is 0 Å². The molecule has 1 heterocycles. The minimum Gasteiger partial charge on any atom is -0.383 e. The number of amides is 1. The number of methoxy groups -OCH3 is 1. The van der Waals surface area contributed by atoms with Crippen molar-refractivity contribution in [3.05, 3.63) is 18.2 Å². The average Bonchev–Trinajstić information content (AvgIpc) is 2.58. The summed E-state index contributed by atoms with van der Waals surface area (Å²) in [4.78, 5) is 12.9. The number of hydrogen-bond donors (Lipinski definition) is 2. The Labute approximate surface area is 128 Å². The summed E-state index contributed by atoms with van der Waals surface area (Å²) < 4.78 is 31.5. The van der Waals surface area contributed by atoms with Crippen LogP contribution in [0.3, 0.4) is 0 Å². The van der Waals surface area contributed by atoms with Gasteiger partial charge in [-0.3, -0.25) is 4.79 Å². The van der Waals surface area contributed by atoms with E-state index in [9.17, 15) is 13.2 Å². The predicted octanol–water partition coefficient (Wildman–Crippen LogP) is 1.29. The molecule has 0 unspecified atom stereocenters. The number of hydrogen-bond acceptors (Lipinski definition) is 5. The highest BCUT2D eigenvalue weighted by Gasteiger charge is 2.22. The highest BCUT2D eigenvalue weighted by atomic mass is 32.2. The number of nitrogens with one attached hydrogen (secondary N) is 2. The van der Waals surface area contributed by atoms with Crippen LogP contribution in [-0.2, 0) is 19.6 Å². The minimum absolute atomic E-state index is 0.0943. The topological polar surface area (TPSA) is 84.5 Å². The lowest BCUT2D eigenvalue weighted by atomic mass is 10.2. The van der Waals surface area contributed by atoms with Crippen molar-refractivity contribution in [2.75, 3.05) is 31.3 Å². The van der Waals surface area contributed by atoms with E-state index < -0.39 is 10.0 Å². The molecule has 1 aliphatic rings. The van der Waals surface area contributed by atoms with Crippen LogP contribution in [0.15, 0.2) is 28.0 Å². The maximum Gasteiger partial charge on any atom is 0.240 e. The first-order valence-corrected chi connectivity index (χ1v) is 8.97. The summed E-state index contributed by atoms with van der Waals surface area (Å²) in [6.07, 6.45) is 0. The third-order valence-corrected chi connectivity index (χ3v) is 5.85. The van der Waals surface area contributed by atoms with E-state index >= 15 is 0 Å². The van der Waals surface area contributed by atoms with E-state index in [1.807, 2.05) is 6.92 Å². The highest BCUT2D eigenvalue weighted by Crippen LogP contribution is 2.33. The van der Waals surface area contributed by atoms with E-state index in [1.54, 1.807) is 23.9 Å². The Hall–Kier alpha value is -1.09. The molecule has 0 spiro atoms. The van der Waals surface area contributed by atoms with Gasteiger partial charge in [0.15, 0.2) is 0 Å². The van der Waals surface area contributed by atoms with Gasteiger partial charge in [-0.15, -0.1) is 11.8 Å². The molecule has 1 amide bonds. The summed E-state index contributed by atoms with van der Waals surface area (Å²) in [5.74, 6) is 0.474. The fourth-order valence-electron chi connectivity index (χ4n) is 1.81. The molecule has 0 fully saturated rings. The van der Waals surface area contributed by atoms with E-state index in [1.165, 1.54) is 13.2 Å². The Morgan fingerprint density at radius 1 is 1.48 bits per heavy atom. The Balaban J connectivity index is 2.25. The van der Waals surface area contributed by atoms with Crippen LogP contribution in [0.4, 0.5) is 5.69 Å². The summed E-state index contributed by atoms with van der Waals surface area (Å²) in [7, 11) is -2.09. The van der Waals surface area contributed by atoms with E-state index in [4.69, 9.17) is 4.74 Å². The standard InChI is InChI=1S/C13H18N2O4S2/c1-9-8-20-12-4-3-10(7-11(12)15-13(9)16)21(17,18)14-5-6-19-2/h3-4,7,9,14H,5-6,8H2,1-2H3,(H,15,16)/t9-/m0/s1. The number of carbonyl (C=O) groups is 1. The van der Waals surface area contributed by atoms with Gasteiger partial charge in [0.05, 0.1) is 17.2 Å². The molecule has 0 saturated carbocycles. The summed E-state index contributed by atoms with van der Waals surface area (Å²) in [6.45, 7) is 2.35. The summed E-state index contributed by atoms with van der Waals surface area (Å²) in [5.41, 5.74) is 0.545. The van der Waals surface area contributed by atoms with Crippen LogP contribution in [0.25, 0.3) is 0 Å². The van der Waals surface area contributed by atoms with E-state index in [0.29, 0.717) is 18.0 Å². The zero-order valence-corrected chi connectivity index (χ0v) is 13.5. The quantitative estimate of drug-likeness (QED) is 0.795. The summed E-state index contributed by atoms with van der Waals surface area (Å²) in [6, 6.07) is 4.76. The molecule has 2 N–H and O–H groups in total. The monoisotopic (exact) mass is 330 g/mol. The van der Waals surface area contributed by atoms with Crippen molar-refractivity contribution in [3.63, 3.8) is 0 Å². The molecule has 0 saturated heterocycles. The third kappa shape index (κ3) is 3.97. The molecule has 1 aromatic carbocycles. The molecular formula is C13H18N2O4S2. The van der Waals surface area contributed by atoms with Crippen molar-refractivity contribution in [3.8, 4) is 0 Å². The van der Waals surface area contributed by atoms with Crippen molar-refractivity contribution in [2.45, 2.75) is 16.7 Å². The SMILES string of the molecule is COCCNS(=O)(=O)c1ccc2c(c1)NC(=O)[C@@H](C)CS2. The van der Waals surface area contributed by atoms with E-state index in [0.717, 1.165) is 4.90 Å². The van der Waals surface area contributed by atoms with Gasteiger partial charge < -0.3 is 10.1 Å². The zero-order chi connectivity index (χ0) is 15.5. The van der Waals surface area contributed by atoms with Crippen molar-refractivity contribution >= 4 is 33.4 Å². The number of benzene rings is 1. The molecule has 0 radical (unpaired) electrons. The minimum atomic E-state index is -3.60. The van der Waals surface area contributed by atoms with E-state index in [-0.39, 0.29) is 23.3 Å². The number of rotatable bonds is 5. The first kappa shape index (κ1) is 16.3. The number of carbonyl (C=O) groups excluding carboxylic acids is 1. The smallest absolute Gasteiger partial charge is 0.240 e. The van der Waals surface area contributed by atoms with Gasteiger partial charge >= 0.3 is 0 Å². The number of fused-ring (bicyclic) bond motifs is 1. The van der Waals surface area contributed by atoms with Crippen molar-refractivity contribution < 1.29 is 17.9 Å². The fourth-order valence-corrected chi connectivity index (χ4v) is 3.86. The second kappa shape index (κ2) is 6.78. The van der Waals surface area contributed by atoms with Crippen molar-refractivity contribution in [1.82, 2.24) is 4.72 Å². The lowest BCUT2D eigenvalue weighted by Gasteiger charge is -2.10. The van der Waals surface area contributed by atoms with Crippen LogP contribution in [-0.4, -0.2) is 40.3 Å². The predicted molar refractivity (Wildman–Crippen MR) is 82.0 cm³/mol. The molecule has 1 aromatic rings. The number of sulfonamides is 1. The van der Waals surface area contributed by atoms with Crippen LogP contribution in [0, 0.1) is 5.92 Å². The van der Waals surface area contributed by atoms with Gasteiger partial charge in [-0.05, 0) is 18.2 Å². The number of thioether (sulfide) groups is 1. The van der Waals surface area contributed by atoms with Crippen LogP contribution in [0.5, 0.6) is 0 Å². The lowest BCUT2D eigenvalue weighted by molar-refractivity contribution is -0.118. The van der Waals surface area contributed by atoms with Crippen LogP contribution >= 0.6 is 11.8 Å². The first-order valence-electron chi connectivity index (χ1n) is 6.50. The molecule has 116 valence electrons. The Morgan fingerprint density at radius 2 is 2.24 bits per heavy atom. The van der Waals surface area contributed by atoms with Gasteiger partial charge in [0.1, 0.15) is 0 Å². The Bertz CT molecular complexity index is 631. The van der Waals surface area contributed by atoms with E-state index in [2.05, 4.69) is 10.0 Å². The normalized spacial score (nSPS) is 18.8. The van der Waals surface area contributed by atoms with Gasteiger partial charge in [-0.2, -0.15) is 0 Å². The largest absolute Gasteiger partial charge is 0.383 e. The molecule has 0 aromatic heterocycles. The van der Waals surface area contributed by atoms with Gasteiger partial charge in [0.2, 0.25) is 15.9 Å². The first-order chi connectivity index (χ1) is 9.94. The zero-order valence-electron chi connectivity index (χ0n) is 11.9. The summed E-state index contributed by atoms with van der Waals surface area (Å²) in [5, 5.41) is 2.78. The highest BCUT2D eigenvalue weighted by molar-refractivity contribution is 7.99. The number of anilines is 1. The molecule has 8 heteroatoms. The second-order valence-electron chi connectivity index (χ2n) is 4.75. The maximum atomic E-state index is 12.1. The van der Waals surface area contributed by atoms with Crippen LogP contribution in [0.1, 0.15) is 6.92 Å². The Morgan fingerprint density at radius 3 is 2.95 bits per heavy atom. The lowest BCUT2D eigenvalue weighted by Crippen LogP contribution is -2.27. The van der Waals surface area contributed by atoms with Crippen LogP contribution < -0.4 is 10.0 Å². The van der Waals surface area contributed by atoms with Crippen molar-refractivity contribution in [1.29, 1.82) is 0 Å². The van der Waals surface area contributed by atoms with Gasteiger partial charge in [-0.25, -0.2) is 13.1 Å². The maximum absolute atomic E-state index is 12.1. The molecule has 2 rings (SSSR count). The molecule has 21 heavy (non-hydrogen) atoms. The van der Waals surface area contributed by atoms with Gasteiger partial charge in [0, 0.05) is 30.2 Å². The number of ether oxygens (including phenoxy) is 1. The molecule has 0 aliphatic carbocycles. The molecular weight excluding hydrogens is 312 g/mol. The summed E-state index contributed by atoms with van der Waals surface area (Å²) >= 11 is 1.54. The van der Waals surface area contributed by atoms with Gasteiger partial charge in [-0.1, -0.05) is 6.92 Å². The molecule has 1 atom stereocenters.